The Morgan fingerprint density at radius 1 is 1.78 bits per heavy atom. The number of likely N-dealkylation sites (tertiary alicyclic amines) is 1. The first-order valence-corrected chi connectivity index (χ1v) is 3.17. The Balaban J connectivity index is 2.28. The number of likely N-dealkylation sites (N-methyl/N-ethyl adjacent to an activating group) is 1. The molecule has 0 aromatic rings. The molecule has 1 unspecified atom stereocenters. The predicted molar refractivity (Wildman–Crippen MR) is 34.7 cm³/mol. The van der Waals surface area contributed by atoms with Crippen molar-refractivity contribution < 1.29 is 4.79 Å². The zero-order valence-corrected chi connectivity index (χ0v) is 5.55. The minimum Gasteiger partial charge on any atom is -0.333 e. The van der Waals surface area contributed by atoms with Crippen LogP contribution in [0.5, 0.6) is 0 Å². The SMILES string of the molecule is CNC1CCN([C]=O)C1. The average molecular weight is 127 g/mol. The van der Waals surface area contributed by atoms with E-state index in [-0.39, 0.29) is 0 Å². The fraction of sp³-hybridized carbons (Fsp3) is 0.833. The number of carbonyl (C=O) groups excluding carboxylic acids is 1. The molecule has 1 fully saturated rings. The predicted octanol–water partition coefficient (Wildman–Crippen LogP) is -0.653. The number of nitrogens with zero attached hydrogens (tertiary/aromatic N) is 1. The van der Waals surface area contributed by atoms with Crippen molar-refractivity contribution in [1.29, 1.82) is 0 Å². The van der Waals surface area contributed by atoms with Gasteiger partial charge in [0, 0.05) is 19.1 Å². The van der Waals surface area contributed by atoms with Crippen LogP contribution in [0.3, 0.4) is 0 Å². The third-order valence-corrected chi connectivity index (χ3v) is 1.73. The molecule has 1 N–H and O–H groups in total. The minimum absolute atomic E-state index is 0.492. The zero-order valence-electron chi connectivity index (χ0n) is 5.55. The zero-order chi connectivity index (χ0) is 6.69. The van der Waals surface area contributed by atoms with Gasteiger partial charge in [0.1, 0.15) is 0 Å². The van der Waals surface area contributed by atoms with E-state index >= 15 is 0 Å². The first-order valence-electron chi connectivity index (χ1n) is 3.17. The lowest BCUT2D eigenvalue weighted by Crippen LogP contribution is -2.28. The molecule has 0 aromatic carbocycles. The van der Waals surface area contributed by atoms with Crippen LogP contribution in [-0.2, 0) is 4.79 Å². The molecule has 9 heavy (non-hydrogen) atoms. The molecule has 0 bridgehead atoms. The molecular weight excluding hydrogens is 116 g/mol. The fourth-order valence-corrected chi connectivity index (χ4v) is 1.08. The fourth-order valence-electron chi connectivity index (χ4n) is 1.08. The molecule has 3 heteroatoms. The summed E-state index contributed by atoms with van der Waals surface area (Å²) in [5.41, 5.74) is 0. The van der Waals surface area contributed by atoms with Gasteiger partial charge in [-0.15, -0.1) is 0 Å². The summed E-state index contributed by atoms with van der Waals surface area (Å²) < 4.78 is 0. The van der Waals surface area contributed by atoms with Crippen molar-refractivity contribution in [3.8, 4) is 0 Å². The molecule has 1 heterocycles. The highest BCUT2D eigenvalue weighted by Gasteiger charge is 2.19. The molecule has 1 amide bonds. The molecule has 0 saturated carbocycles. The Bertz CT molecular complexity index is 105. The number of hydrogen-bond donors (Lipinski definition) is 1. The van der Waals surface area contributed by atoms with Crippen LogP contribution in [0.4, 0.5) is 0 Å². The monoisotopic (exact) mass is 127 g/mol. The number of hydrogen-bond acceptors (Lipinski definition) is 2. The lowest BCUT2D eigenvalue weighted by atomic mass is 10.3. The molecule has 51 valence electrons. The maximum atomic E-state index is 10.0. The summed E-state index contributed by atoms with van der Waals surface area (Å²) in [6, 6.07) is 0.492. The molecule has 1 saturated heterocycles. The molecular formula is C6H11N2O. The second-order valence-electron chi connectivity index (χ2n) is 2.31. The van der Waals surface area contributed by atoms with E-state index in [1.165, 1.54) is 0 Å². The van der Waals surface area contributed by atoms with Gasteiger partial charge < -0.3 is 10.2 Å². The molecule has 0 spiro atoms. The van der Waals surface area contributed by atoms with Gasteiger partial charge in [0.15, 0.2) is 0 Å². The molecule has 1 aliphatic rings. The van der Waals surface area contributed by atoms with E-state index in [1.54, 1.807) is 4.90 Å². The number of rotatable bonds is 2. The molecule has 0 aliphatic carbocycles. The third-order valence-electron chi connectivity index (χ3n) is 1.73. The Labute approximate surface area is 55.0 Å². The third kappa shape index (κ3) is 1.42. The van der Waals surface area contributed by atoms with Crippen molar-refractivity contribution in [3.05, 3.63) is 0 Å². The largest absolute Gasteiger partial charge is 0.333 e. The van der Waals surface area contributed by atoms with Crippen molar-refractivity contribution >= 4 is 6.41 Å². The van der Waals surface area contributed by atoms with Crippen LogP contribution in [0.25, 0.3) is 0 Å². The molecule has 1 rings (SSSR count). The highest BCUT2D eigenvalue weighted by atomic mass is 16.1. The van der Waals surface area contributed by atoms with Gasteiger partial charge in [-0.05, 0) is 13.5 Å². The second kappa shape index (κ2) is 2.82. The molecule has 1 aliphatic heterocycles. The lowest BCUT2D eigenvalue weighted by molar-refractivity contribution is 0.430. The van der Waals surface area contributed by atoms with Crippen LogP contribution >= 0.6 is 0 Å². The average Bonchev–Trinajstić information content (AvgIpc) is 2.34. The maximum Gasteiger partial charge on any atom is 0.312 e. The summed E-state index contributed by atoms with van der Waals surface area (Å²) in [6.07, 6.45) is 2.93. The van der Waals surface area contributed by atoms with Gasteiger partial charge in [-0.2, -0.15) is 0 Å². The van der Waals surface area contributed by atoms with Crippen LogP contribution in [0.1, 0.15) is 6.42 Å². The summed E-state index contributed by atoms with van der Waals surface area (Å²) in [4.78, 5) is 11.7. The van der Waals surface area contributed by atoms with E-state index in [9.17, 15) is 4.79 Å². The van der Waals surface area contributed by atoms with Crippen molar-refractivity contribution in [3.63, 3.8) is 0 Å². The summed E-state index contributed by atoms with van der Waals surface area (Å²) in [7, 11) is 1.92. The van der Waals surface area contributed by atoms with E-state index in [1.807, 2.05) is 13.5 Å². The highest BCUT2D eigenvalue weighted by Crippen LogP contribution is 2.04. The van der Waals surface area contributed by atoms with Gasteiger partial charge in [-0.3, -0.25) is 4.79 Å². The highest BCUT2D eigenvalue weighted by molar-refractivity contribution is 5.48. The van der Waals surface area contributed by atoms with Crippen LogP contribution in [0.2, 0.25) is 0 Å². The lowest BCUT2D eigenvalue weighted by Gasteiger charge is -2.06. The Morgan fingerprint density at radius 3 is 2.89 bits per heavy atom. The molecule has 1 radical (unpaired) electrons. The quantitative estimate of drug-likeness (QED) is 0.534. The number of nitrogens with one attached hydrogen (secondary N) is 1. The maximum absolute atomic E-state index is 10.0. The van der Waals surface area contributed by atoms with E-state index in [0.29, 0.717) is 6.04 Å². The Hall–Kier alpha value is -0.570. The topological polar surface area (TPSA) is 32.3 Å². The van der Waals surface area contributed by atoms with Crippen LogP contribution in [-0.4, -0.2) is 37.5 Å². The summed E-state index contributed by atoms with van der Waals surface area (Å²) >= 11 is 0. The Kier molecular flexibility index (Phi) is 2.05. The number of amides is 1. The van der Waals surface area contributed by atoms with Crippen LogP contribution in [0.15, 0.2) is 0 Å². The smallest absolute Gasteiger partial charge is 0.312 e. The van der Waals surface area contributed by atoms with Gasteiger partial charge in [-0.25, -0.2) is 0 Å². The summed E-state index contributed by atoms with van der Waals surface area (Å²) in [6.45, 7) is 1.68. The van der Waals surface area contributed by atoms with Crippen molar-refractivity contribution in [2.24, 2.45) is 0 Å². The van der Waals surface area contributed by atoms with Gasteiger partial charge in [0.2, 0.25) is 0 Å². The van der Waals surface area contributed by atoms with E-state index in [0.717, 1.165) is 19.5 Å². The summed E-state index contributed by atoms with van der Waals surface area (Å²) in [5.74, 6) is 0. The van der Waals surface area contributed by atoms with Gasteiger partial charge in [0.05, 0.1) is 0 Å². The van der Waals surface area contributed by atoms with Crippen LogP contribution < -0.4 is 5.32 Å². The minimum atomic E-state index is 0.492. The first-order chi connectivity index (χ1) is 4.36. The molecule has 1 atom stereocenters. The van der Waals surface area contributed by atoms with Crippen molar-refractivity contribution in [1.82, 2.24) is 10.2 Å². The second-order valence-corrected chi connectivity index (χ2v) is 2.31. The molecule has 0 aromatic heterocycles. The van der Waals surface area contributed by atoms with Crippen molar-refractivity contribution in [2.75, 3.05) is 20.1 Å². The standard InChI is InChI=1S/C6H11N2O/c1-7-6-2-3-8(4-6)5-9/h6-7H,2-4H2,1H3. The van der Waals surface area contributed by atoms with E-state index in [4.69, 9.17) is 0 Å². The first kappa shape index (κ1) is 6.55. The normalized spacial score (nSPS) is 26.8. The summed E-state index contributed by atoms with van der Waals surface area (Å²) in [5, 5.41) is 3.11. The van der Waals surface area contributed by atoms with Crippen molar-refractivity contribution in [2.45, 2.75) is 12.5 Å². The van der Waals surface area contributed by atoms with E-state index < -0.39 is 0 Å². The molecule has 3 nitrogen and oxygen atoms in total. The van der Waals surface area contributed by atoms with Gasteiger partial charge in [0.25, 0.3) is 0 Å². The van der Waals surface area contributed by atoms with Gasteiger partial charge in [-0.1, -0.05) is 0 Å². The van der Waals surface area contributed by atoms with E-state index in [2.05, 4.69) is 5.32 Å². The van der Waals surface area contributed by atoms with Crippen LogP contribution in [0, 0.1) is 0 Å². The Morgan fingerprint density at radius 2 is 2.56 bits per heavy atom. The van der Waals surface area contributed by atoms with Gasteiger partial charge >= 0.3 is 6.41 Å².